The first-order valence-corrected chi connectivity index (χ1v) is 7.70. The molecule has 1 aliphatic heterocycles. The van der Waals surface area contributed by atoms with Gasteiger partial charge in [-0.05, 0) is 0 Å². The van der Waals surface area contributed by atoms with Crippen molar-refractivity contribution >= 4 is 0 Å². The zero-order chi connectivity index (χ0) is 17.8. The molecule has 0 aromatic rings. The highest BCUT2D eigenvalue weighted by atomic mass is 16.7. The standard InChI is InChI=1S/C15H26O9/c1-2-3-20-4-5-21-6-7-22-8-9-23-15-14(19)13(18)12(17)11(10-16)24-15/h1,11-19H,3-10H2/t11-,12-,13+,14+,15+/m1/s1. The molecule has 24 heavy (non-hydrogen) atoms. The molecule has 0 aromatic heterocycles. The lowest BCUT2D eigenvalue weighted by Crippen LogP contribution is -2.59. The molecule has 0 bridgehead atoms. The van der Waals surface area contributed by atoms with Gasteiger partial charge in [-0.25, -0.2) is 0 Å². The van der Waals surface area contributed by atoms with E-state index in [0.29, 0.717) is 26.4 Å². The predicted molar refractivity (Wildman–Crippen MR) is 81.0 cm³/mol. The van der Waals surface area contributed by atoms with Crippen molar-refractivity contribution in [3.05, 3.63) is 0 Å². The van der Waals surface area contributed by atoms with Crippen molar-refractivity contribution in [1.29, 1.82) is 0 Å². The van der Waals surface area contributed by atoms with E-state index in [4.69, 9.17) is 35.2 Å². The highest BCUT2D eigenvalue weighted by molar-refractivity contribution is 4.88. The van der Waals surface area contributed by atoms with Crippen LogP contribution in [0.15, 0.2) is 0 Å². The Labute approximate surface area is 141 Å². The van der Waals surface area contributed by atoms with Crippen LogP contribution in [0, 0.1) is 12.3 Å². The molecular weight excluding hydrogens is 324 g/mol. The molecular formula is C15H26O9. The molecule has 1 saturated heterocycles. The number of hydrogen-bond donors (Lipinski definition) is 4. The van der Waals surface area contributed by atoms with E-state index in [-0.39, 0.29) is 19.8 Å². The van der Waals surface area contributed by atoms with Gasteiger partial charge < -0.3 is 44.1 Å². The molecule has 1 fully saturated rings. The minimum absolute atomic E-state index is 0.105. The second-order valence-electron chi connectivity index (χ2n) is 5.05. The molecule has 4 N–H and O–H groups in total. The molecule has 0 radical (unpaired) electrons. The average molecular weight is 350 g/mol. The SMILES string of the molecule is C#CCOCCOCCOCCO[C@H]1O[C@H](CO)[C@@H](O)[C@H](O)[C@@H]1O. The summed E-state index contributed by atoms with van der Waals surface area (Å²) in [5, 5.41) is 38.0. The monoisotopic (exact) mass is 350 g/mol. The first-order valence-electron chi connectivity index (χ1n) is 7.70. The van der Waals surface area contributed by atoms with Crippen LogP contribution in [0.2, 0.25) is 0 Å². The molecule has 0 unspecified atom stereocenters. The first-order chi connectivity index (χ1) is 11.6. The van der Waals surface area contributed by atoms with Gasteiger partial charge in [-0.2, -0.15) is 0 Å². The second-order valence-corrected chi connectivity index (χ2v) is 5.05. The van der Waals surface area contributed by atoms with Crippen LogP contribution >= 0.6 is 0 Å². The summed E-state index contributed by atoms with van der Waals surface area (Å²) in [6, 6.07) is 0. The number of aliphatic hydroxyl groups excluding tert-OH is 4. The fourth-order valence-corrected chi connectivity index (χ4v) is 2.00. The lowest BCUT2D eigenvalue weighted by Gasteiger charge is -2.39. The molecule has 0 aliphatic carbocycles. The minimum Gasteiger partial charge on any atom is -0.394 e. The third-order valence-corrected chi connectivity index (χ3v) is 3.29. The van der Waals surface area contributed by atoms with Crippen LogP contribution in [0.3, 0.4) is 0 Å². The van der Waals surface area contributed by atoms with E-state index >= 15 is 0 Å². The average Bonchev–Trinajstić information content (AvgIpc) is 2.59. The van der Waals surface area contributed by atoms with Gasteiger partial charge in [0.2, 0.25) is 0 Å². The van der Waals surface area contributed by atoms with Crippen molar-refractivity contribution in [2.75, 3.05) is 52.9 Å². The van der Waals surface area contributed by atoms with Gasteiger partial charge in [0.1, 0.15) is 31.0 Å². The minimum atomic E-state index is -1.45. The van der Waals surface area contributed by atoms with Gasteiger partial charge in [0.05, 0.1) is 46.2 Å². The van der Waals surface area contributed by atoms with Crippen LogP contribution < -0.4 is 0 Å². The first kappa shape index (κ1) is 21.2. The highest BCUT2D eigenvalue weighted by Gasteiger charge is 2.43. The Balaban J connectivity index is 2.03. The zero-order valence-corrected chi connectivity index (χ0v) is 13.5. The lowest BCUT2D eigenvalue weighted by atomic mass is 9.99. The lowest BCUT2D eigenvalue weighted by molar-refractivity contribution is -0.302. The zero-order valence-electron chi connectivity index (χ0n) is 13.5. The van der Waals surface area contributed by atoms with Crippen LogP contribution in [-0.2, 0) is 23.7 Å². The molecule has 1 rings (SSSR count). The summed E-state index contributed by atoms with van der Waals surface area (Å²) in [4.78, 5) is 0. The molecule has 0 amide bonds. The van der Waals surface area contributed by atoms with E-state index in [1.165, 1.54) is 0 Å². The summed E-state index contributed by atoms with van der Waals surface area (Å²) in [7, 11) is 0. The van der Waals surface area contributed by atoms with Crippen LogP contribution in [0.4, 0.5) is 0 Å². The van der Waals surface area contributed by atoms with Crippen LogP contribution in [-0.4, -0.2) is 104 Å². The number of hydrogen-bond acceptors (Lipinski definition) is 9. The van der Waals surface area contributed by atoms with Gasteiger partial charge in [0.15, 0.2) is 6.29 Å². The van der Waals surface area contributed by atoms with Gasteiger partial charge in [0.25, 0.3) is 0 Å². The molecule has 9 nitrogen and oxygen atoms in total. The third-order valence-electron chi connectivity index (χ3n) is 3.29. The largest absolute Gasteiger partial charge is 0.394 e. The summed E-state index contributed by atoms with van der Waals surface area (Å²) in [6.45, 7) is 1.68. The molecule has 0 saturated carbocycles. The molecule has 1 aliphatic rings. The van der Waals surface area contributed by atoms with Gasteiger partial charge in [-0.1, -0.05) is 5.92 Å². The Morgan fingerprint density at radius 1 is 0.833 bits per heavy atom. The van der Waals surface area contributed by atoms with Gasteiger partial charge in [0, 0.05) is 0 Å². The van der Waals surface area contributed by atoms with E-state index < -0.39 is 37.3 Å². The molecule has 1 heterocycles. The van der Waals surface area contributed by atoms with Crippen LogP contribution in [0.1, 0.15) is 0 Å². The Morgan fingerprint density at radius 3 is 2.00 bits per heavy atom. The van der Waals surface area contributed by atoms with Crippen LogP contribution in [0.25, 0.3) is 0 Å². The molecule has 0 spiro atoms. The van der Waals surface area contributed by atoms with Crippen molar-refractivity contribution in [2.24, 2.45) is 0 Å². The van der Waals surface area contributed by atoms with Crippen molar-refractivity contribution in [3.8, 4) is 12.3 Å². The van der Waals surface area contributed by atoms with Crippen molar-refractivity contribution in [2.45, 2.75) is 30.7 Å². The molecule has 140 valence electrons. The van der Waals surface area contributed by atoms with Crippen molar-refractivity contribution in [1.82, 2.24) is 0 Å². The smallest absolute Gasteiger partial charge is 0.186 e. The van der Waals surface area contributed by atoms with E-state index in [1.54, 1.807) is 0 Å². The Kier molecular flexibility index (Phi) is 11.1. The van der Waals surface area contributed by atoms with Crippen molar-refractivity contribution in [3.63, 3.8) is 0 Å². The number of rotatable bonds is 12. The number of ether oxygens (including phenoxy) is 5. The third kappa shape index (κ3) is 7.40. The fraction of sp³-hybridized carbons (Fsp3) is 0.867. The Bertz CT molecular complexity index is 357. The molecule has 9 heteroatoms. The van der Waals surface area contributed by atoms with Crippen LogP contribution in [0.5, 0.6) is 0 Å². The maximum Gasteiger partial charge on any atom is 0.186 e. The summed E-state index contributed by atoms with van der Waals surface area (Å²) in [6.07, 6.45) is -1.37. The van der Waals surface area contributed by atoms with Gasteiger partial charge in [-0.3, -0.25) is 0 Å². The maximum absolute atomic E-state index is 9.76. The quantitative estimate of drug-likeness (QED) is 0.223. The fourth-order valence-electron chi connectivity index (χ4n) is 2.00. The van der Waals surface area contributed by atoms with Gasteiger partial charge >= 0.3 is 0 Å². The van der Waals surface area contributed by atoms with Gasteiger partial charge in [-0.15, -0.1) is 6.42 Å². The summed E-state index contributed by atoms with van der Waals surface area (Å²) in [5.74, 6) is 2.35. The number of terminal acetylenes is 1. The van der Waals surface area contributed by atoms with Crippen molar-refractivity contribution < 1.29 is 44.1 Å². The summed E-state index contributed by atoms with van der Waals surface area (Å²) in [5.41, 5.74) is 0. The maximum atomic E-state index is 9.76. The van der Waals surface area contributed by atoms with E-state index in [0.717, 1.165) is 0 Å². The summed E-state index contributed by atoms with van der Waals surface area (Å²) >= 11 is 0. The molecule has 0 aromatic carbocycles. The Hall–Kier alpha value is -0.800. The second kappa shape index (κ2) is 12.5. The summed E-state index contributed by atoms with van der Waals surface area (Å²) < 4.78 is 26.0. The predicted octanol–water partition coefficient (Wildman–Crippen LogP) is -2.51. The normalized spacial score (nSPS) is 30.2. The Morgan fingerprint density at radius 2 is 1.42 bits per heavy atom. The highest BCUT2D eigenvalue weighted by Crippen LogP contribution is 2.21. The topological polar surface area (TPSA) is 127 Å². The molecule has 5 atom stereocenters. The van der Waals surface area contributed by atoms with E-state index in [1.807, 2.05) is 0 Å². The number of aliphatic hydroxyl groups is 4. The van der Waals surface area contributed by atoms with E-state index in [9.17, 15) is 15.3 Å². The van der Waals surface area contributed by atoms with E-state index in [2.05, 4.69) is 5.92 Å².